The van der Waals surface area contributed by atoms with Gasteiger partial charge in [0.25, 0.3) is 0 Å². The van der Waals surface area contributed by atoms with E-state index in [1.807, 2.05) is 13.0 Å². The van der Waals surface area contributed by atoms with E-state index in [1.165, 1.54) is 0 Å². The van der Waals surface area contributed by atoms with Crippen molar-refractivity contribution in [2.24, 2.45) is 0 Å². The predicted molar refractivity (Wildman–Crippen MR) is 84.8 cm³/mol. The zero-order chi connectivity index (χ0) is 16.2. The summed E-state index contributed by atoms with van der Waals surface area (Å²) in [7, 11) is -3.40. The van der Waals surface area contributed by atoms with Gasteiger partial charge in [-0.2, -0.15) is 0 Å². The molecule has 0 aliphatic carbocycles. The third-order valence-corrected chi connectivity index (χ3v) is 4.73. The molecular weight excluding hydrogens is 302 g/mol. The molecule has 0 saturated carbocycles. The van der Waals surface area contributed by atoms with Gasteiger partial charge in [-0.1, -0.05) is 30.3 Å². The largest absolute Gasteiger partial charge is 0.466 e. The Morgan fingerprint density at radius 1 is 1.23 bits per heavy atom. The molecule has 0 aliphatic heterocycles. The van der Waals surface area contributed by atoms with Crippen LogP contribution in [0.15, 0.2) is 40.8 Å². The Labute approximate surface area is 131 Å². The lowest BCUT2D eigenvalue weighted by Crippen LogP contribution is -2.27. The molecule has 2 N–H and O–H groups in total. The smallest absolute Gasteiger partial charge is 0.215 e. The quantitative estimate of drug-likeness (QED) is 0.820. The molecule has 2 aromatic rings. The Balaban J connectivity index is 1.86. The van der Waals surface area contributed by atoms with Gasteiger partial charge in [0, 0.05) is 12.1 Å². The number of hydrogen-bond acceptors (Lipinski definition) is 4. The number of hydrogen-bond donors (Lipinski definition) is 2. The number of nitrogens with one attached hydrogen (secondary N) is 1. The maximum atomic E-state index is 12.0. The summed E-state index contributed by atoms with van der Waals surface area (Å²) in [5.74, 6) is 1.33. The van der Waals surface area contributed by atoms with Crippen molar-refractivity contribution in [1.29, 1.82) is 0 Å². The Morgan fingerprint density at radius 3 is 2.50 bits per heavy atom. The van der Waals surface area contributed by atoms with Crippen LogP contribution in [0.1, 0.15) is 35.2 Å². The lowest BCUT2D eigenvalue weighted by Gasteiger charge is -2.11. The van der Waals surface area contributed by atoms with Crippen LogP contribution in [0.25, 0.3) is 0 Å². The van der Waals surface area contributed by atoms with Crippen LogP contribution in [-0.2, 0) is 15.8 Å². The van der Waals surface area contributed by atoms with Gasteiger partial charge in [0.05, 0.1) is 11.9 Å². The van der Waals surface area contributed by atoms with Crippen molar-refractivity contribution >= 4 is 10.0 Å². The van der Waals surface area contributed by atoms with Crippen molar-refractivity contribution < 1.29 is 17.9 Å². The van der Waals surface area contributed by atoms with Crippen molar-refractivity contribution in [1.82, 2.24) is 4.72 Å². The van der Waals surface area contributed by atoms with E-state index in [2.05, 4.69) is 4.72 Å². The van der Waals surface area contributed by atoms with Crippen molar-refractivity contribution in [3.63, 3.8) is 0 Å². The summed E-state index contributed by atoms with van der Waals surface area (Å²) in [5, 5.41) is 10.1. The normalized spacial score (nSPS) is 13.2. The second-order valence-electron chi connectivity index (χ2n) is 5.31. The molecule has 2 rings (SSSR count). The summed E-state index contributed by atoms with van der Waals surface area (Å²) in [5.41, 5.74) is 1.44. The van der Waals surface area contributed by atoms with E-state index in [0.29, 0.717) is 17.7 Å². The molecule has 1 aromatic heterocycles. The molecule has 6 heteroatoms. The topological polar surface area (TPSA) is 79.5 Å². The van der Waals surface area contributed by atoms with Crippen LogP contribution in [0.5, 0.6) is 0 Å². The first-order valence-corrected chi connectivity index (χ1v) is 8.79. The monoisotopic (exact) mass is 323 g/mol. The number of aryl methyl sites for hydroxylation is 2. The van der Waals surface area contributed by atoms with Crippen LogP contribution >= 0.6 is 0 Å². The molecular formula is C16H21NO4S. The highest BCUT2D eigenvalue weighted by atomic mass is 32.2. The highest BCUT2D eigenvalue weighted by molar-refractivity contribution is 7.88. The molecule has 0 spiro atoms. The minimum absolute atomic E-state index is 0.0617. The summed E-state index contributed by atoms with van der Waals surface area (Å²) in [6.07, 6.45) is -0.440. The molecule has 0 bridgehead atoms. The SMILES string of the molecule is Cc1cc(C(O)CCNS(=O)(=O)Cc2ccccc2)c(C)o1. The summed E-state index contributed by atoms with van der Waals surface area (Å²) in [6, 6.07) is 10.8. The zero-order valence-electron chi connectivity index (χ0n) is 12.7. The van der Waals surface area contributed by atoms with Crippen LogP contribution in [-0.4, -0.2) is 20.1 Å². The molecule has 0 fully saturated rings. The summed E-state index contributed by atoms with van der Waals surface area (Å²) in [4.78, 5) is 0. The molecule has 22 heavy (non-hydrogen) atoms. The summed E-state index contributed by atoms with van der Waals surface area (Å²) in [6.45, 7) is 3.77. The van der Waals surface area contributed by atoms with Crippen LogP contribution in [0.4, 0.5) is 0 Å². The Hall–Kier alpha value is -1.63. The molecule has 0 amide bonds. The fourth-order valence-corrected chi connectivity index (χ4v) is 3.49. The van der Waals surface area contributed by atoms with Crippen LogP contribution in [0.2, 0.25) is 0 Å². The molecule has 0 saturated heterocycles. The highest BCUT2D eigenvalue weighted by Crippen LogP contribution is 2.23. The van der Waals surface area contributed by atoms with E-state index in [4.69, 9.17) is 4.42 Å². The minimum Gasteiger partial charge on any atom is -0.466 e. The molecule has 0 radical (unpaired) electrons. The Bertz CT molecular complexity index is 707. The lowest BCUT2D eigenvalue weighted by molar-refractivity contribution is 0.167. The lowest BCUT2D eigenvalue weighted by atomic mass is 10.1. The molecule has 1 atom stereocenters. The Kier molecular flexibility index (Phi) is 5.39. The molecule has 120 valence electrons. The number of benzene rings is 1. The maximum Gasteiger partial charge on any atom is 0.215 e. The van der Waals surface area contributed by atoms with Gasteiger partial charge in [-0.15, -0.1) is 0 Å². The van der Waals surface area contributed by atoms with Crippen molar-refractivity contribution in [3.8, 4) is 0 Å². The average molecular weight is 323 g/mol. The van der Waals surface area contributed by atoms with Gasteiger partial charge in [-0.3, -0.25) is 0 Å². The van der Waals surface area contributed by atoms with Gasteiger partial charge >= 0.3 is 0 Å². The number of aliphatic hydroxyl groups is 1. The number of rotatable bonds is 7. The van der Waals surface area contributed by atoms with E-state index >= 15 is 0 Å². The van der Waals surface area contributed by atoms with Crippen LogP contribution in [0, 0.1) is 13.8 Å². The first-order valence-electron chi connectivity index (χ1n) is 7.13. The molecule has 1 heterocycles. The minimum atomic E-state index is -3.40. The number of furan rings is 1. The van der Waals surface area contributed by atoms with Gasteiger partial charge in [0.15, 0.2) is 0 Å². The van der Waals surface area contributed by atoms with Crippen LogP contribution < -0.4 is 4.72 Å². The number of aliphatic hydroxyl groups excluding tert-OH is 1. The van der Waals surface area contributed by atoms with E-state index in [0.717, 1.165) is 11.3 Å². The van der Waals surface area contributed by atoms with Crippen LogP contribution in [0.3, 0.4) is 0 Å². The molecule has 1 aromatic carbocycles. The van der Waals surface area contributed by atoms with Crippen molar-refractivity contribution in [2.75, 3.05) is 6.54 Å². The second kappa shape index (κ2) is 7.09. The van der Waals surface area contributed by atoms with Gasteiger partial charge in [-0.05, 0) is 31.9 Å². The summed E-state index contributed by atoms with van der Waals surface area (Å²) >= 11 is 0. The predicted octanol–water partition coefficient (Wildman–Crippen LogP) is 2.44. The third kappa shape index (κ3) is 4.69. The Morgan fingerprint density at radius 2 is 1.91 bits per heavy atom. The molecule has 5 nitrogen and oxygen atoms in total. The first kappa shape index (κ1) is 16.7. The van der Waals surface area contributed by atoms with Crippen molar-refractivity contribution in [2.45, 2.75) is 32.1 Å². The zero-order valence-corrected chi connectivity index (χ0v) is 13.6. The van der Waals surface area contributed by atoms with Crippen molar-refractivity contribution in [3.05, 3.63) is 59.0 Å². The van der Waals surface area contributed by atoms with Gasteiger partial charge < -0.3 is 9.52 Å². The van der Waals surface area contributed by atoms with Gasteiger partial charge in [0.1, 0.15) is 11.5 Å². The second-order valence-corrected chi connectivity index (χ2v) is 7.12. The first-order chi connectivity index (χ1) is 10.4. The molecule has 0 aliphatic rings. The molecule has 1 unspecified atom stereocenters. The number of sulfonamides is 1. The fourth-order valence-electron chi connectivity index (χ4n) is 2.33. The van der Waals surface area contributed by atoms with E-state index in [1.54, 1.807) is 37.3 Å². The van der Waals surface area contributed by atoms with E-state index < -0.39 is 16.1 Å². The highest BCUT2D eigenvalue weighted by Gasteiger charge is 2.16. The fraction of sp³-hybridized carbons (Fsp3) is 0.375. The van der Waals surface area contributed by atoms with Gasteiger partial charge in [-0.25, -0.2) is 13.1 Å². The maximum absolute atomic E-state index is 12.0. The standard InChI is InChI=1S/C16H21NO4S/c1-12-10-15(13(2)21-12)16(18)8-9-17-22(19,20)11-14-6-4-3-5-7-14/h3-7,10,16-18H,8-9,11H2,1-2H3. The third-order valence-electron chi connectivity index (χ3n) is 3.38. The summed E-state index contributed by atoms with van der Waals surface area (Å²) < 4.78 is 31.8. The average Bonchev–Trinajstić information content (AvgIpc) is 2.78. The van der Waals surface area contributed by atoms with Gasteiger partial charge in [0.2, 0.25) is 10.0 Å². The van der Waals surface area contributed by atoms with E-state index in [9.17, 15) is 13.5 Å². The van der Waals surface area contributed by atoms with E-state index in [-0.39, 0.29) is 12.3 Å².